The number of esters is 1. The number of aromatic nitrogens is 6. The number of benzene rings is 1. The van der Waals surface area contributed by atoms with Crippen LogP contribution in [0.15, 0.2) is 42.9 Å². The molecule has 0 amide bonds. The van der Waals surface area contributed by atoms with Gasteiger partial charge in [0.05, 0.1) is 37.7 Å². The maximum absolute atomic E-state index is 11.9. The highest BCUT2D eigenvalue weighted by molar-refractivity contribution is 5.88. The summed E-state index contributed by atoms with van der Waals surface area (Å²) in [5.41, 5.74) is 3.96. The normalized spacial score (nSPS) is 12.1. The molecule has 0 bridgehead atoms. The van der Waals surface area contributed by atoms with E-state index >= 15 is 0 Å². The van der Waals surface area contributed by atoms with Gasteiger partial charge in [0.2, 0.25) is 5.88 Å². The van der Waals surface area contributed by atoms with Crippen molar-refractivity contribution >= 4 is 17.0 Å². The van der Waals surface area contributed by atoms with E-state index in [-0.39, 0.29) is 12.0 Å². The van der Waals surface area contributed by atoms with Gasteiger partial charge in [-0.1, -0.05) is 24.3 Å². The van der Waals surface area contributed by atoms with Crippen LogP contribution in [-0.2, 0) is 4.74 Å². The van der Waals surface area contributed by atoms with Gasteiger partial charge in [-0.15, -0.1) is 0 Å². The number of nitrogens with zero attached hydrogens (tertiary/aromatic N) is 6. The average molecular weight is 406 g/mol. The first-order valence-corrected chi connectivity index (χ1v) is 9.60. The molecular weight excluding hydrogens is 384 g/mol. The summed E-state index contributed by atoms with van der Waals surface area (Å²) in [5.74, 6) is 0.204. The predicted molar refractivity (Wildman–Crippen MR) is 110 cm³/mol. The number of carbonyl (C=O) groups is 1. The van der Waals surface area contributed by atoms with Crippen LogP contribution >= 0.6 is 0 Å². The van der Waals surface area contributed by atoms with Gasteiger partial charge in [0.15, 0.2) is 0 Å². The van der Waals surface area contributed by atoms with Crippen molar-refractivity contribution in [1.29, 1.82) is 0 Å². The summed E-state index contributed by atoms with van der Waals surface area (Å²) in [6, 6.07) is 8.14. The van der Waals surface area contributed by atoms with E-state index in [1.807, 2.05) is 16.8 Å². The number of hydrogen-bond acceptors (Lipinski definition) is 7. The molecule has 0 spiro atoms. The van der Waals surface area contributed by atoms with Gasteiger partial charge in [-0.3, -0.25) is 4.68 Å². The van der Waals surface area contributed by atoms with Gasteiger partial charge in [-0.05, 0) is 31.9 Å². The maximum Gasteiger partial charge on any atom is 0.341 e. The smallest absolute Gasteiger partial charge is 0.341 e. The van der Waals surface area contributed by atoms with Crippen molar-refractivity contribution in [3.05, 3.63) is 59.5 Å². The average Bonchev–Trinajstić information content (AvgIpc) is 3.40. The third-order valence-electron chi connectivity index (χ3n) is 4.90. The molecule has 9 nitrogen and oxygen atoms in total. The molecule has 0 aliphatic rings. The van der Waals surface area contributed by atoms with Crippen molar-refractivity contribution in [2.45, 2.75) is 26.8 Å². The lowest BCUT2D eigenvalue weighted by Crippen LogP contribution is -2.11. The van der Waals surface area contributed by atoms with Crippen LogP contribution in [0, 0.1) is 6.92 Å². The first-order valence-electron chi connectivity index (χ1n) is 9.60. The second-order valence-corrected chi connectivity index (χ2v) is 6.78. The van der Waals surface area contributed by atoms with Crippen molar-refractivity contribution in [3.63, 3.8) is 0 Å². The lowest BCUT2D eigenvalue weighted by Gasteiger charge is -2.17. The Morgan fingerprint density at radius 3 is 2.70 bits per heavy atom. The molecule has 0 unspecified atom stereocenters. The summed E-state index contributed by atoms with van der Waals surface area (Å²) in [5, 5.41) is 8.73. The molecule has 0 fully saturated rings. The van der Waals surface area contributed by atoms with Crippen LogP contribution in [0.2, 0.25) is 0 Å². The zero-order valence-electron chi connectivity index (χ0n) is 17.2. The molecule has 4 aromatic rings. The van der Waals surface area contributed by atoms with E-state index in [9.17, 15) is 4.79 Å². The Bertz CT molecular complexity index is 1210. The molecule has 30 heavy (non-hydrogen) atoms. The summed E-state index contributed by atoms with van der Waals surface area (Å²) < 4.78 is 13.8. The largest absolute Gasteiger partial charge is 0.479 e. The standard InChI is InChI=1S/C21H22N6O3/c1-5-30-20(28)15-10-22-26(12-15)21-24-17-11-23-27(18(17)19(25-21)29-4)14(3)16-9-7-6-8-13(16)2/h6-12,14H,5H2,1-4H3/t14-/m0/s1. The van der Waals surface area contributed by atoms with Gasteiger partial charge in [-0.2, -0.15) is 15.2 Å². The molecule has 0 N–H and O–H groups in total. The Kier molecular flexibility index (Phi) is 5.18. The van der Waals surface area contributed by atoms with Gasteiger partial charge in [0.1, 0.15) is 11.0 Å². The summed E-state index contributed by atoms with van der Waals surface area (Å²) in [7, 11) is 1.55. The molecule has 0 saturated heterocycles. The van der Waals surface area contributed by atoms with Crippen LogP contribution in [0.1, 0.15) is 41.4 Å². The number of aryl methyl sites for hydroxylation is 1. The Morgan fingerprint density at radius 2 is 1.97 bits per heavy atom. The predicted octanol–water partition coefficient (Wildman–Crippen LogP) is 3.12. The van der Waals surface area contributed by atoms with Gasteiger partial charge in [-0.25, -0.2) is 14.5 Å². The number of methoxy groups -OCH3 is 1. The Hall–Kier alpha value is -3.75. The van der Waals surface area contributed by atoms with Crippen molar-refractivity contribution < 1.29 is 14.3 Å². The second-order valence-electron chi connectivity index (χ2n) is 6.78. The minimum atomic E-state index is -0.448. The summed E-state index contributed by atoms with van der Waals surface area (Å²) >= 11 is 0. The van der Waals surface area contributed by atoms with E-state index < -0.39 is 5.97 Å². The third-order valence-corrected chi connectivity index (χ3v) is 4.90. The monoisotopic (exact) mass is 406 g/mol. The van der Waals surface area contributed by atoms with Gasteiger partial charge >= 0.3 is 5.97 Å². The molecule has 3 heterocycles. The third kappa shape index (κ3) is 3.38. The van der Waals surface area contributed by atoms with E-state index in [1.165, 1.54) is 22.6 Å². The molecule has 1 atom stereocenters. The summed E-state index contributed by atoms with van der Waals surface area (Å²) in [6.45, 7) is 6.18. The van der Waals surface area contributed by atoms with Gasteiger partial charge in [0.25, 0.3) is 5.95 Å². The minimum absolute atomic E-state index is 0.0350. The number of ether oxygens (including phenoxy) is 2. The van der Waals surface area contributed by atoms with E-state index in [4.69, 9.17) is 9.47 Å². The SMILES string of the molecule is CCOC(=O)c1cnn(-c2nc(OC)c3c(cnn3[C@@H](C)c3ccccc3C)n2)c1. The fraction of sp³-hybridized carbons (Fsp3) is 0.286. The zero-order valence-corrected chi connectivity index (χ0v) is 17.2. The zero-order chi connectivity index (χ0) is 21.3. The van der Waals surface area contributed by atoms with E-state index in [0.717, 1.165) is 5.56 Å². The van der Waals surface area contributed by atoms with Crippen LogP contribution in [0.5, 0.6) is 5.88 Å². The van der Waals surface area contributed by atoms with Gasteiger partial charge < -0.3 is 9.47 Å². The molecule has 3 aromatic heterocycles. The van der Waals surface area contributed by atoms with Crippen molar-refractivity contribution in [1.82, 2.24) is 29.5 Å². The molecule has 0 aliphatic heterocycles. The molecule has 0 aliphatic carbocycles. The van der Waals surface area contributed by atoms with Crippen LogP contribution in [0.4, 0.5) is 0 Å². The number of hydrogen-bond donors (Lipinski definition) is 0. The Labute approximate surface area is 173 Å². The summed E-state index contributed by atoms with van der Waals surface area (Å²) in [6.07, 6.45) is 4.62. The first kappa shape index (κ1) is 19.6. The molecular formula is C21H22N6O3. The summed E-state index contributed by atoms with van der Waals surface area (Å²) in [4.78, 5) is 21.0. The fourth-order valence-electron chi connectivity index (χ4n) is 3.40. The molecule has 9 heteroatoms. The molecule has 4 rings (SSSR count). The highest BCUT2D eigenvalue weighted by Gasteiger charge is 2.21. The van der Waals surface area contributed by atoms with Crippen molar-refractivity contribution in [3.8, 4) is 11.8 Å². The fourth-order valence-corrected chi connectivity index (χ4v) is 3.40. The topological polar surface area (TPSA) is 97.0 Å². The quantitative estimate of drug-likeness (QED) is 0.454. The Balaban J connectivity index is 1.77. The maximum atomic E-state index is 11.9. The van der Waals surface area contributed by atoms with Crippen LogP contribution in [-0.4, -0.2) is 49.2 Å². The van der Waals surface area contributed by atoms with Crippen molar-refractivity contribution in [2.24, 2.45) is 0 Å². The molecule has 0 radical (unpaired) electrons. The number of carbonyl (C=O) groups excluding carboxylic acids is 1. The second kappa shape index (κ2) is 7.94. The van der Waals surface area contributed by atoms with Gasteiger partial charge in [0, 0.05) is 6.20 Å². The highest BCUT2D eigenvalue weighted by atomic mass is 16.5. The minimum Gasteiger partial charge on any atom is -0.479 e. The van der Waals surface area contributed by atoms with Crippen LogP contribution in [0.25, 0.3) is 17.0 Å². The first-order chi connectivity index (χ1) is 14.5. The van der Waals surface area contributed by atoms with E-state index in [1.54, 1.807) is 20.2 Å². The van der Waals surface area contributed by atoms with E-state index in [0.29, 0.717) is 29.1 Å². The van der Waals surface area contributed by atoms with Crippen LogP contribution in [0.3, 0.4) is 0 Å². The number of fused-ring (bicyclic) bond motifs is 1. The van der Waals surface area contributed by atoms with E-state index in [2.05, 4.69) is 46.1 Å². The Morgan fingerprint density at radius 1 is 1.17 bits per heavy atom. The van der Waals surface area contributed by atoms with Crippen molar-refractivity contribution in [2.75, 3.05) is 13.7 Å². The molecule has 1 aromatic carbocycles. The lowest BCUT2D eigenvalue weighted by atomic mass is 10.0. The molecule has 0 saturated carbocycles. The van der Waals surface area contributed by atoms with Crippen LogP contribution < -0.4 is 4.74 Å². The molecule has 154 valence electrons. The lowest BCUT2D eigenvalue weighted by molar-refractivity contribution is 0.0526. The highest BCUT2D eigenvalue weighted by Crippen LogP contribution is 2.29. The number of rotatable bonds is 6.